The van der Waals surface area contributed by atoms with E-state index in [1.165, 1.54) is 199 Å². The van der Waals surface area contributed by atoms with Gasteiger partial charge in [-0.1, -0.05) is 114 Å². The van der Waals surface area contributed by atoms with Gasteiger partial charge in [0.05, 0.1) is 18.4 Å². The lowest BCUT2D eigenvalue weighted by Gasteiger charge is -2.51. The number of ether oxygens (including phenoxy) is 1. The predicted molar refractivity (Wildman–Crippen MR) is 276 cm³/mol. The van der Waals surface area contributed by atoms with Crippen molar-refractivity contribution in [3.8, 4) is 0 Å². The average Bonchev–Trinajstić information content (AvgIpc) is 3.93. The Bertz CT molecular complexity index is 1760. The van der Waals surface area contributed by atoms with Gasteiger partial charge >= 0.3 is 0 Å². The highest BCUT2D eigenvalue weighted by atomic mass is 16.5. The van der Waals surface area contributed by atoms with E-state index in [9.17, 15) is 0 Å². The SMILES string of the molecule is CC1CC2OC3CCC(C4CCCCC4)CC3C2CC1C1=CCC(C2CCC3C(C2)C2CCCCC2N3C2CCCC(C3C=CCC(C4NC5C=CCCC5C(C5CCCCC5)N4)C3)C2)CC1. The van der Waals surface area contributed by atoms with E-state index in [1.54, 1.807) is 12.8 Å². The molecule has 7 saturated carbocycles. The molecule has 4 nitrogen and oxygen atoms in total. The summed E-state index contributed by atoms with van der Waals surface area (Å²) >= 11 is 0. The molecule has 67 heavy (non-hydrogen) atoms. The molecular weight excluding hydrogens is 815 g/mol. The molecule has 13 rings (SSSR count). The van der Waals surface area contributed by atoms with Crippen LogP contribution in [0.4, 0.5) is 0 Å². The molecule has 10 fully saturated rings. The highest BCUT2D eigenvalue weighted by molar-refractivity contribution is 5.17. The molecule has 0 aromatic heterocycles. The summed E-state index contributed by atoms with van der Waals surface area (Å²) in [6.45, 7) is 2.62. The molecule has 0 radical (unpaired) electrons. The molecule has 4 heteroatoms. The molecule has 0 spiro atoms. The van der Waals surface area contributed by atoms with Gasteiger partial charge in [0.1, 0.15) is 0 Å². The minimum atomic E-state index is 0.486. The Balaban J connectivity index is 0.639. The standard InChI is InChI=1S/C63H99N3O/c1-40-34-61-56(55-38-48(31-33-60(55)67-61)41-14-4-2-5-15-41)39-53(40)43-28-26-42(27-29-43)47-30-32-59-54(37-47)51-22-9-11-25-58(51)66(59)50-21-13-19-46(36-50)45-18-12-20-49(35-45)63-64-57-24-10-8-23-52(57)62(65-63)44-16-6-3-7-17-44/h10,12,18,24,28,40-42,44-65H,2-9,11,13-17,19-23,25-27,29-39H2,1H3. The van der Waals surface area contributed by atoms with Crippen LogP contribution >= 0.6 is 0 Å². The first kappa shape index (κ1) is 45.9. The maximum atomic E-state index is 6.98. The zero-order chi connectivity index (χ0) is 44.4. The van der Waals surface area contributed by atoms with Gasteiger partial charge in [-0.3, -0.25) is 15.5 Å². The van der Waals surface area contributed by atoms with Gasteiger partial charge in [0.25, 0.3) is 0 Å². The van der Waals surface area contributed by atoms with Crippen LogP contribution in [-0.4, -0.2) is 53.5 Å². The Hall–Kier alpha value is -0.940. The van der Waals surface area contributed by atoms with Crippen LogP contribution in [0.2, 0.25) is 0 Å². The lowest BCUT2D eigenvalue weighted by atomic mass is 9.61. The number of nitrogens with one attached hydrogen (secondary N) is 2. The zero-order valence-electron chi connectivity index (χ0n) is 42.9. The van der Waals surface area contributed by atoms with E-state index in [2.05, 4.69) is 52.8 Å². The monoisotopic (exact) mass is 914 g/mol. The third-order valence-corrected chi connectivity index (χ3v) is 24.4. The van der Waals surface area contributed by atoms with Crippen LogP contribution in [0.1, 0.15) is 219 Å². The van der Waals surface area contributed by atoms with Crippen LogP contribution in [0.25, 0.3) is 0 Å². The fourth-order valence-corrected chi connectivity index (χ4v) is 21.2. The molecule has 0 aromatic carbocycles. The Labute approximate surface area is 410 Å². The van der Waals surface area contributed by atoms with Crippen molar-refractivity contribution in [3.63, 3.8) is 0 Å². The molecular formula is C63H99N3O. The topological polar surface area (TPSA) is 36.5 Å². The molecule has 3 heterocycles. The molecule has 13 aliphatic rings. The van der Waals surface area contributed by atoms with Gasteiger partial charge in [-0.15, -0.1) is 0 Å². The Morgan fingerprint density at radius 1 is 0.493 bits per heavy atom. The first-order valence-electron chi connectivity index (χ1n) is 31.1. The predicted octanol–water partition coefficient (Wildman–Crippen LogP) is 14.7. The summed E-state index contributed by atoms with van der Waals surface area (Å²) in [5.41, 5.74) is 1.91. The number of hydrogen-bond donors (Lipinski definition) is 2. The van der Waals surface area contributed by atoms with Crippen LogP contribution < -0.4 is 10.6 Å². The van der Waals surface area contributed by atoms with Gasteiger partial charge in [-0.05, 0) is 230 Å². The van der Waals surface area contributed by atoms with Crippen molar-refractivity contribution in [3.05, 3.63) is 36.0 Å². The summed E-state index contributed by atoms with van der Waals surface area (Å²) in [5.74, 6) is 13.5. The van der Waals surface area contributed by atoms with Crippen molar-refractivity contribution in [2.75, 3.05) is 0 Å². The summed E-state index contributed by atoms with van der Waals surface area (Å²) in [7, 11) is 0. The first-order valence-corrected chi connectivity index (χ1v) is 31.1. The largest absolute Gasteiger partial charge is 0.374 e. The van der Waals surface area contributed by atoms with E-state index < -0.39 is 0 Å². The zero-order valence-corrected chi connectivity index (χ0v) is 42.9. The lowest BCUT2D eigenvalue weighted by Crippen LogP contribution is -2.67. The maximum Gasteiger partial charge on any atom is 0.0613 e. The number of hydrogen-bond acceptors (Lipinski definition) is 4. The van der Waals surface area contributed by atoms with E-state index in [4.69, 9.17) is 4.74 Å². The summed E-state index contributed by atoms with van der Waals surface area (Å²) in [5, 5.41) is 8.67. The second-order valence-electron chi connectivity index (χ2n) is 27.5. The number of fused-ring (bicyclic) bond motifs is 7. The van der Waals surface area contributed by atoms with E-state index in [-0.39, 0.29) is 0 Å². The summed E-state index contributed by atoms with van der Waals surface area (Å²) in [6.07, 6.45) is 63.4. The number of likely N-dealkylation sites (tertiary alicyclic amines) is 1. The van der Waals surface area contributed by atoms with Gasteiger partial charge < -0.3 is 4.74 Å². The highest BCUT2D eigenvalue weighted by Crippen LogP contribution is 2.58. The lowest BCUT2D eigenvalue weighted by molar-refractivity contribution is -0.0166. The second kappa shape index (κ2) is 20.2. The third kappa shape index (κ3) is 9.05. The second-order valence-corrected chi connectivity index (χ2v) is 27.5. The van der Waals surface area contributed by atoms with Gasteiger partial charge in [0, 0.05) is 30.2 Å². The van der Waals surface area contributed by atoms with Crippen LogP contribution in [0.5, 0.6) is 0 Å². The van der Waals surface area contributed by atoms with Crippen LogP contribution in [0.15, 0.2) is 36.0 Å². The molecule has 3 aliphatic heterocycles. The van der Waals surface area contributed by atoms with E-state index in [0.717, 1.165) is 113 Å². The van der Waals surface area contributed by atoms with Crippen LogP contribution in [0.3, 0.4) is 0 Å². The molecule has 372 valence electrons. The first-order chi connectivity index (χ1) is 33.1. The quantitative estimate of drug-likeness (QED) is 0.250. The fourth-order valence-electron chi connectivity index (χ4n) is 21.2. The van der Waals surface area contributed by atoms with Gasteiger partial charge in [0.15, 0.2) is 0 Å². The Kier molecular flexibility index (Phi) is 13.8. The summed E-state index contributed by atoms with van der Waals surface area (Å²) in [6, 6.07) is 3.97. The molecule has 0 aromatic rings. The van der Waals surface area contributed by atoms with Crippen molar-refractivity contribution in [2.45, 2.75) is 267 Å². The minimum absolute atomic E-state index is 0.486. The minimum Gasteiger partial charge on any atom is -0.374 e. The summed E-state index contributed by atoms with van der Waals surface area (Å²) < 4.78 is 6.98. The molecule has 2 N–H and O–H groups in total. The Morgan fingerprint density at radius 2 is 1.25 bits per heavy atom. The van der Waals surface area contributed by atoms with E-state index >= 15 is 0 Å². The molecule has 21 atom stereocenters. The smallest absolute Gasteiger partial charge is 0.0613 e. The number of nitrogens with zero attached hydrogens (tertiary/aromatic N) is 1. The van der Waals surface area contributed by atoms with Crippen molar-refractivity contribution >= 4 is 0 Å². The molecule has 3 saturated heterocycles. The van der Waals surface area contributed by atoms with Crippen LogP contribution in [-0.2, 0) is 4.74 Å². The van der Waals surface area contributed by atoms with Crippen molar-refractivity contribution in [2.24, 2.45) is 88.8 Å². The van der Waals surface area contributed by atoms with E-state index in [0.29, 0.717) is 24.4 Å². The normalized spacial score (nSPS) is 50.9. The van der Waals surface area contributed by atoms with Crippen LogP contribution in [0, 0.1) is 88.8 Å². The van der Waals surface area contributed by atoms with Crippen molar-refractivity contribution in [1.82, 2.24) is 15.5 Å². The van der Waals surface area contributed by atoms with Gasteiger partial charge in [0.2, 0.25) is 0 Å². The fraction of sp³-hybridized carbons (Fsp3) is 0.905. The van der Waals surface area contributed by atoms with E-state index in [1.807, 2.05) is 5.57 Å². The molecule has 0 amide bonds. The summed E-state index contributed by atoms with van der Waals surface area (Å²) in [4.78, 5) is 3.34. The molecule has 10 aliphatic carbocycles. The number of rotatable bonds is 7. The van der Waals surface area contributed by atoms with Gasteiger partial charge in [-0.25, -0.2) is 0 Å². The highest BCUT2D eigenvalue weighted by Gasteiger charge is 2.56. The average molecular weight is 915 g/mol. The van der Waals surface area contributed by atoms with Crippen molar-refractivity contribution < 1.29 is 4.74 Å². The molecule has 0 bridgehead atoms. The molecule has 21 unspecified atom stereocenters. The maximum absolute atomic E-state index is 6.98. The van der Waals surface area contributed by atoms with Crippen molar-refractivity contribution in [1.29, 1.82) is 0 Å². The Morgan fingerprint density at radius 3 is 2.12 bits per heavy atom. The number of allylic oxidation sites excluding steroid dienone is 5. The van der Waals surface area contributed by atoms with Gasteiger partial charge in [-0.2, -0.15) is 0 Å². The third-order valence-electron chi connectivity index (χ3n) is 24.4.